The SMILES string of the molecule is N#Cc1sc(NC(=O)CCCC(=O)O)nc1-c1ccc(F)cc1. The van der Waals surface area contributed by atoms with Gasteiger partial charge in [-0.1, -0.05) is 11.3 Å². The number of carbonyl (C=O) groups is 2. The van der Waals surface area contributed by atoms with Gasteiger partial charge in [-0.25, -0.2) is 9.37 Å². The average Bonchev–Trinajstić information content (AvgIpc) is 2.90. The van der Waals surface area contributed by atoms with Crippen molar-refractivity contribution in [2.24, 2.45) is 0 Å². The number of nitriles is 1. The van der Waals surface area contributed by atoms with Crippen LogP contribution in [0.2, 0.25) is 0 Å². The summed E-state index contributed by atoms with van der Waals surface area (Å²) in [6, 6.07) is 7.53. The molecule has 0 saturated carbocycles. The molecule has 0 unspecified atom stereocenters. The van der Waals surface area contributed by atoms with Gasteiger partial charge >= 0.3 is 5.97 Å². The Kier molecular flexibility index (Phi) is 5.38. The first kappa shape index (κ1) is 16.6. The third-order valence-electron chi connectivity index (χ3n) is 2.89. The number of benzene rings is 1. The fourth-order valence-electron chi connectivity index (χ4n) is 1.83. The van der Waals surface area contributed by atoms with E-state index in [4.69, 9.17) is 10.4 Å². The van der Waals surface area contributed by atoms with E-state index in [2.05, 4.69) is 10.3 Å². The van der Waals surface area contributed by atoms with E-state index in [1.165, 1.54) is 24.3 Å². The van der Waals surface area contributed by atoms with E-state index in [0.717, 1.165) is 11.3 Å². The molecule has 0 atom stereocenters. The molecule has 1 amide bonds. The number of carboxylic acids is 1. The monoisotopic (exact) mass is 333 g/mol. The van der Waals surface area contributed by atoms with Gasteiger partial charge in [-0.15, -0.1) is 0 Å². The fraction of sp³-hybridized carbons (Fsp3) is 0.200. The van der Waals surface area contributed by atoms with Crippen molar-refractivity contribution < 1.29 is 19.1 Å². The van der Waals surface area contributed by atoms with Gasteiger partial charge in [0.25, 0.3) is 0 Å². The van der Waals surface area contributed by atoms with E-state index in [1.54, 1.807) is 0 Å². The van der Waals surface area contributed by atoms with Gasteiger partial charge in [-0.3, -0.25) is 9.59 Å². The molecule has 1 aromatic heterocycles. The predicted molar refractivity (Wildman–Crippen MR) is 82.3 cm³/mol. The van der Waals surface area contributed by atoms with Gasteiger partial charge in [0.1, 0.15) is 22.5 Å². The van der Waals surface area contributed by atoms with Crippen LogP contribution in [0.15, 0.2) is 24.3 Å². The second-order valence-corrected chi connectivity index (χ2v) is 5.61. The number of halogens is 1. The molecule has 6 nitrogen and oxygen atoms in total. The fourth-order valence-corrected chi connectivity index (χ4v) is 2.64. The van der Waals surface area contributed by atoms with Crippen LogP contribution in [0.1, 0.15) is 24.1 Å². The van der Waals surface area contributed by atoms with Crippen molar-refractivity contribution in [1.82, 2.24) is 4.98 Å². The number of hydrogen-bond acceptors (Lipinski definition) is 5. The van der Waals surface area contributed by atoms with Crippen molar-refractivity contribution in [2.45, 2.75) is 19.3 Å². The van der Waals surface area contributed by atoms with Crippen LogP contribution in [-0.2, 0) is 9.59 Å². The third-order valence-corrected chi connectivity index (χ3v) is 3.76. The lowest BCUT2D eigenvalue weighted by Gasteiger charge is -2.00. The lowest BCUT2D eigenvalue weighted by atomic mass is 10.1. The van der Waals surface area contributed by atoms with Gasteiger partial charge < -0.3 is 10.4 Å². The van der Waals surface area contributed by atoms with Crippen LogP contribution in [0.25, 0.3) is 11.3 Å². The Morgan fingerprint density at radius 1 is 1.30 bits per heavy atom. The molecule has 2 aromatic rings. The summed E-state index contributed by atoms with van der Waals surface area (Å²) >= 11 is 1.01. The molecule has 0 aliphatic carbocycles. The zero-order valence-electron chi connectivity index (χ0n) is 11.9. The van der Waals surface area contributed by atoms with E-state index >= 15 is 0 Å². The highest BCUT2D eigenvalue weighted by molar-refractivity contribution is 7.16. The van der Waals surface area contributed by atoms with Crippen LogP contribution in [0, 0.1) is 17.1 Å². The van der Waals surface area contributed by atoms with Gasteiger partial charge in [0.15, 0.2) is 5.13 Å². The number of hydrogen-bond donors (Lipinski definition) is 2. The zero-order chi connectivity index (χ0) is 16.8. The number of rotatable bonds is 6. The molecule has 23 heavy (non-hydrogen) atoms. The summed E-state index contributed by atoms with van der Waals surface area (Å²) in [5.74, 6) is -1.72. The maximum absolute atomic E-state index is 13.0. The van der Waals surface area contributed by atoms with Crippen LogP contribution in [0.3, 0.4) is 0 Å². The predicted octanol–water partition coefficient (Wildman–Crippen LogP) is 3.01. The Labute approximate surface area is 135 Å². The molecule has 1 aromatic carbocycles. The minimum Gasteiger partial charge on any atom is -0.481 e. The molecule has 1 heterocycles. The normalized spacial score (nSPS) is 10.1. The Morgan fingerprint density at radius 3 is 2.61 bits per heavy atom. The molecule has 0 radical (unpaired) electrons. The number of aliphatic carboxylic acids is 1. The molecule has 0 fully saturated rings. The van der Waals surface area contributed by atoms with Crippen LogP contribution in [0.5, 0.6) is 0 Å². The first-order valence-electron chi connectivity index (χ1n) is 6.68. The van der Waals surface area contributed by atoms with E-state index in [1.807, 2.05) is 6.07 Å². The Balaban J connectivity index is 2.10. The lowest BCUT2D eigenvalue weighted by Crippen LogP contribution is -2.11. The molecule has 0 aliphatic rings. The number of nitrogens with one attached hydrogen (secondary N) is 1. The van der Waals surface area contributed by atoms with Crippen molar-refractivity contribution in [3.05, 3.63) is 35.0 Å². The average molecular weight is 333 g/mol. The van der Waals surface area contributed by atoms with Crippen molar-refractivity contribution in [3.8, 4) is 17.3 Å². The topological polar surface area (TPSA) is 103 Å². The molecule has 118 valence electrons. The maximum atomic E-state index is 13.0. The van der Waals surface area contributed by atoms with Gasteiger partial charge in [0.2, 0.25) is 5.91 Å². The second-order valence-electron chi connectivity index (χ2n) is 4.61. The Morgan fingerprint density at radius 2 is 2.00 bits per heavy atom. The summed E-state index contributed by atoms with van der Waals surface area (Å²) in [5, 5.41) is 20.5. The molecule has 0 bridgehead atoms. The summed E-state index contributed by atoms with van der Waals surface area (Å²) in [5.41, 5.74) is 0.948. The highest BCUT2D eigenvalue weighted by Gasteiger charge is 2.15. The minimum absolute atomic E-state index is 0.0552. The summed E-state index contributed by atoms with van der Waals surface area (Å²) in [4.78, 5) is 26.6. The number of amides is 1. The summed E-state index contributed by atoms with van der Waals surface area (Å²) < 4.78 is 13.0. The number of thiazole rings is 1. The molecule has 2 rings (SSSR count). The number of anilines is 1. The Bertz CT molecular complexity index is 765. The van der Waals surface area contributed by atoms with Crippen molar-refractivity contribution in [1.29, 1.82) is 5.26 Å². The zero-order valence-corrected chi connectivity index (χ0v) is 12.7. The minimum atomic E-state index is -0.961. The van der Waals surface area contributed by atoms with E-state index in [0.29, 0.717) is 16.1 Å². The molecule has 0 aliphatic heterocycles. The van der Waals surface area contributed by atoms with Gasteiger partial charge in [0, 0.05) is 18.4 Å². The molecule has 0 saturated heterocycles. The van der Waals surface area contributed by atoms with E-state index in [-0.39, 0.29) is 30.3 Å². The summed E-state index contributed by atoms with van der Waals surface area (Å²) in [6.45, 7) is 0. The van der Waals surface area contributed by atoms with Crippen LogP contribution < -0.4 is 5.32 Å². The quantitative estimate of drug-likeness (QED) is 0.846. The third kappa shape index (κ3) is 4.59. The maximum Gasteiger partial charge on any atom is 0.303 e. The molecule has 8 heteroatoms. The van der Waals surface area contributed by atoms with E-state index in [9.17, 15) is 14.0 Å². The molecule has 0 spiro atoms. The standard InChI is InChI=1S/C15H12FN3O3S/c16-10-6-4-9(5-7-10)14-11(8-17)23-15(19-14)18-12(20)2-1-3-13(21)22/h4-7H,1-3H2,(H,21,22)(H,18,19,20). The second kappa shape index (κ2) is 7.47. The molecule has 2 N–H and O–H groups in total. The first-order chi connectivity index (χ1) is 11.0. The highest BCUT2D eigenvalue weighted by Crippen LogP contribution is 2.30. The van der Waals surface area contributed by atoms with Crippen LogP contribution in [-0.4, -0.2) is 22.0 Å². The van der Waals surface area contributed by atoms with Gasteiger partial charge in [-0.2, -0.15) is 5.26 Å². The largest absolute Gasteiger partial charge is 0.481 e. The lowest BCUT2D eigenvalue weighted by molar-refractivity contribution is -0.137. The van der Waals surface area contributed by atoms with Crippen molar-refractivity contribution in [2.75, 3.05) is 5.32 Å². The molecular weight excluding hydrogens is 321 g/mol. The number of carboxylic acid groups (broad SMARTS) is 1. The van der Waals surface area contributed by atoms with Crippen LogP contribution in [0.4, 0.5) is 9.52 Å². The summed E-state index contributed by atoms with van der Waals surface area (Å²) in [6.07, 6.45) is 0.192. The number of aromatic nitrogens is 1. The Hall–Kier alpha value is -2.79. The number of carbonyl (C=O) groups excluding carboxylic acids is 1. The van der Waals surface area contributed by atoms with Gasteiger partial charge in [0.05, 0.1) is 0 Å². The molecular formula is C15H12FN3O3S. The summed E-state index contributed by atoms with van der Waals surface area (Å²) in [7, 11) is 0. The highest BCUT2D eigenvalue weighted by atomic mass is 32.1. The van der Waals surface area contributed by atoms with Crippen molar-refractivity contribution in [3.63, 3.8) is 0 Å². The number of nitrogens with zero attached hydrogens (tertiary/aromatic N) is 2. The van der Waals surface area contributed by atoms with Gasteiger partial charge in [-0.05, 0) is 30.7 Å². The van der Waals surface area contributed by atoms with Crippen molar-refractivity contribution >= 4 is 28.3 Å². The smallest absolute Gasteiger partial charge is 0.303 e. The van der Waals surface area contributed by atoms with E-state index < -0.39 is 11.8 Å². The first-order valence-corrected chi connectivity index (χ1v) is 7.49. The van der Waals surface area contributed by atoms with Crippen LogP contribution >= 0.6 is 11.3 Å².